The first-order valence-corrected chi connectivity index (χ1v) is 7.18. The number of anilines is 1. The number of piperidine rings is 1. The molecule has 1 aromatic heterocycles. The number of amides is 1. The second-order valence-corrected chi connectivity index (χ2v) is 5.58. The third kappa shape index (κ3) is 2.90. The number of carbonyl (C=O) groups is 1. The first kappa shape index (κ1) is 12.9. The smallest absolute Gasteiger partial charge is 0.223 e. The summed E-state index contributed by atoms with van der Waals surface area (Å²) in [5.74, 6) is 1.36. The van der Waals surface area contributed by atoms with Crippen molar-refractivity contribution in [2.24, 2.45) is 5.92 Å². The van der Waals surface area contributed by atoms with E-state index in [-0.39, 0.29) is 17.9 Å². The Morgan fingerprint density at radius 2 is 2.25 bits per heavy atom. The zero-order valence-electron chi connectivity index (χ0n) is 11.4. The number of nitrogens with zero attached hydrogens (tertiary/aromatic N) is 3. The van der Waals surface area contributed by atoms with Crippen molar-refractivity contribution in [1.29, 1.82) is 5.26 Å². The molecule has 1 saturated carbocycles. The predicted octanol–water partition coefficient (Wildman–Crippen LogP) is 1.45. The number of hydrogen-bond donors (Lipinski definition) is 1. The molecule has 0 spiro atoms. The van der Waals surface area contributed by atoms with Crippen LogP contribution in [-0.4, -0.2) is 30.0 Å². The van der Waals surface area contributed by atoms with Crippen molar-refractivity contribution in [2.75, 3.05) is 18.0 Å². The molecule has 1 atom stereocenters. The maximum Gasteiger partial charge on any atom is 0.223 e. The third-order valence-corrected chi connectivity index (χ3v) is 3.92. The van der Waals surface area contributed by atoms with Crippen LogP contribution in [-0.2, 0) is 4.79 Å². The Morgan fingerprint density at radius 3 is 2.90 bits per heavy atom. The number of aromatic nitrogens is 1. The summed E-state index contributed by atoms with van der Waals surface area (Å²) in [4.78, 5) is 18.3. The van der Waals surface area contributed by atoms with Crippen molar-refractivity contribution in [1.82, 2.24) is 10.3 Å². The van der Waals surface area contributed by atoms with Gasteiger partial charge >= 0.3 is 0 Å². The van der Waals surface area contributed by atoms with Crippen LogP contribution in [0.4, 0.5) is 5.82 Å². The van der Waals surface area contributed by atoms with Crippen LogP contribution in [0.3, 0.4) is 0 Å². The molecule has 1 saturated heterocycles. The fourth-order valence-corrected chi connectivity index (χ4v) is 2.61. The molecule has 2 aliphatic rings. The molecular weight excluding hydrogens is 252 g/mol. The Bertz CT molecular complexity index is 530. The van der Waals surface area contributed by atoms with Gasteiger partial charge in [-0.3, -0.25) is 4.79 Å². The molecule has 2 heterocycles. The zero-order chi connectivity index (χ0) is 13.9. The molecule has 1 unspecified atom stereocenters. The van der Waals surface area contributed by atoms with E-state index in [0.29, 0.717) is 5.56 Å². The normalized spacial score (nSPS) is 22.1. The molecule has 3 rings (SSSR count). The van der Waals surface area contributed by atoms with Gasteiger partial charge < -0.3 is 10.2 Å². The predicted molar refractivity (Wildman–Crippen MR) is 75.1 cm³/mol. The highest BCUT2D eigenvalue weighted by molar-refractivity contribution is 5.81. The molecule has 0 aromatic carbocycles. The summed E-state index contributed by atoms with van der Waals surface area (Å²) in [5, 5.41) is 11.9. The molecule has 1 aromatic rings. The van der Waals surface area contributed by atoms with Gasteiger partial charge in [-0.1, -0.05) is 0 Å². The number of nitriles is 1. The second-order valence-electron chi connectivity index (χ2n) is 5.58. The van der Waals surface area contributed by atoms with Crippen LogP contribution >= 0.6 is 0 Å². The van der Waals surface area contributed by atoms with Crippen molar-refractivity contribution < 1.29 is 4.79 Å². The molecule has 1 aliphatic heterocycles. The van der Waals surface area contributed by atoms with Crippen LogP contribution in [0, 0.1) is 17.2 Å². The highest BCUT2D eigenvalue weighted by Crippen LogP contribution is 2.29. The molecular formula is C15H18N4O. The van der Waals surface area contributed by atoms with Gasteiger partial charge in [0.1, 0.15) is 11.9 Å². The van der Waals surface area contributed by atoms with Gasteiger partial charge in [0.25, 0.3) is 0 Å². The van der Waals surface area contributed by atoms with Gasteiger partial charge in [-0.2, -0.15) is 5.26 Å². The maximum atomic E-state index is 11.8. The van der Waals surface area contributed by atoms with E-state index < -0.39 is 0 Å². The lowest BCUT2D eigenvalue weighted by molar-refractivity contribution is -0.123. The van der Waals surface area contributed by atoms with Crippen LogP contribution < -0.4 is 10.2 Å². The highest BCUT2D eigenvalue weighted by Gasteiger charge is 2.32. The molecule has 2 fully saturated rings. The van der Waals surface area contributed by atoms with E-state index in [1.54, 1.807) is 12.3 Å². The lowest BCUT2D eigenvalue weighted by atomic mass is 10.1. The van der Waals surface area contributed by atoms with Gasteiger partial charge in [-0.25, -0.2) is 4.98 Å². The zero-order valence-corrected chi connectivity index (χ0v) is 11.4. The maximum absolute atomic E-state index is 11.8. The molecule has 0 bridgehead atoms. The lowest BCUT2D eigenvalue weighted by Crippen LogP contribution is -2.48. The Balaban J connectivity index is 1.61. The summed E-state index contributed by atoms with van der Waals surface area (Å²) in [5.41, 5.74) is 0.573. The van der Waals surface area contributed by atoms with Gasteiger partial charge in [0.2, 0.25) is 5.91 Å². The summed E-state index contributed by atoms with van der Waals surface area (Å²) in [6, 6.07) is 5.96. The van der Waals surface area contributed by atoms with E-state index in [2.05, 4.69) is 21.3 Å². The van der Waals surface area contributed by atoms with Gasteiger partial charge in [0.05, 0.1) is 5.56 Å². The number of rotatable bonds is 3. The summed E-state index contributed by atoms with van der Waals surface area (Å²) in [6.07, 6.45) is 5.77. The average molecular weight is 270 g/mol. The molecule has 1 N–H and O–H groups in total. The van der Waals surface area contributed by atoms with E-state index >= 15 is 0 Å². The van der Waals surface area contributed by atoms with Gasteiger partial charge in [0, 0.05) is 31.2 Å². The minimum atomic E-state index is 0.213. The standard InChI is InChI=1S/C15H18N4O/c16-8-11-3-6-14(17-9-11)19-7-1-2-13(10-19)18-15(20)12-4-5-12/h3,6,9,12-13H,1-2,4-5,7,10H2,(H,18,20). The fraction of sp³-hybridized carbons (Fsp3) is 0.533. The average Bonchev–Trinajstić information content (AvgIpc) is 3.32. The number of pyridine rings is 1. The Morgan fingerprint density at radius 1 is 1.40 bits per heavy atom. The Labute approximate surface area is 118 Å². The molecule has 0 radical (unpaired) electrons. The first-order valence-electron chi connectivity index (χ1n) is 7.18. The minimum absolute atomic E-state index is 0.213. The van der Waals surface area contributed by atoms with E-state index in [4.69, 9.17) is 5.26 Å². The summed E-state index contributed by atoms with van der Waals surface area (Å²) in [7, 11) is 0. The van der Waals surface area contributed by atoms with Gasteiger partial charge in [0.15, 0.2) is 0 Å². The van der Waals surface area contributed by atoms with Crippen molar-refractivity contribution >= 4 is 11.7 Å². The molecule has 5 heteroatoms. The molecule has 104 valence electrons. The third-order valence-electron chi connectivity index (χ3n) is 3.92. The topological polar surface area (TPSA) is 69.0 Å². The quantitative estimate of drug-likeness (QED) is 0.902. The molecule has 5 nitrogen and oxygen atoms in total. The van der Waals surface area contributed by atoms with Crippen molar-refractivity contribution in [3.8, 4) is 6.07 Å². The van der Waals surface area contributed by atoms with Crippen LogP contribution in [0.2, 0.25) is 0 Å². The van der Waals surface area contributed by atoms with E-state index in [0.717, 1.165) is 44.6 Å². The van der Waals surface area contributed by atoms with Crippen LogP contribution in [0.5, 0.6) is 0 Å². The van der Waals surface area contributed by atoms with Gasteiger partial charge in [-0.05, 0) is 37.8 Å². The Hall–Kier alpha value is -2.09. The number of nitrogens with one attached hydrogen (secondary N) is 1. The first-order chi connectivity index (χ1) is 9.76. The summed E-state index contributed by atoms with van der Waals surface area (Å²) in [6.45, 7) is 1.76. The SMILES string of the molecule is N#Cc1ccc(N2CCCC(NC(=O)C3CC3)C2)nc1. The number of hydrogen-bond acceptors (Lipinski definition) is 4. The fourth-order valence-electron chi connectivity index (χ4n) is 2.61. The summed E-state index contributed by atoms with van der Waals surface area (Å²) >= 11 is 0. The minimum Gasteiger partial charge on any atom is -0.355 e. The van der Waals surface area contributed by atoms with Crippen LogP contribution in [0.25, 0.3) is 0 Å². The molecule has 1 aliphatic carbocycles. The lowest BCUT2D eigenvalue weighted by Gasteiger charge is -2.34. The summed E-state index contributed by atoms with van der Waals surface area (Å²) < 4.78 is 0. The van der Waals surface area contributed by atoms with Gasteiger partial charge in [-0.15, -0.1) is 0 Å². The van der Waals surface area contributed by atoms with E-state index in [1.165, 1.54) is 0 Å². The highest BCUT2D eigenvalue weighted by atomic mass is 16.2. The molecule has 20 heavy (non-hydrogen) atoms. The van der Waals surface area contributed by atoms with E-state index in [9.17, 15) is 4.79 Å². The monoisotopic (exact) mass is 270 g/mol. The second kappa shape index (κ2) is 5.49. The van der Waals surface area contributed by atoms with Crippen molar-refractivity contribution in [3.05, 3.63) is 23.9 Å². The largest absolute Gasteiger partial charge is 0.355 e. The van der Waals surface area contributed by atoms with E-state index in [1.807, 2.05) is 6.07 Å². The van der Waals surface area contributed by atoms with Crippen molar-refractivity contribution in [2.45, 2.75) is 31.7 Å². The molecule has 1 amide bonds. The van der Waals surface area contributed by atoms with Crippen LogP contribution in [0.1, 0.15) is 31.2 Å². The Kier molecular flexibility index (Phi) is 3.55. The van der Waals surface area contributed by atoms with Crippen molar-refractivity contribution in [3.63, 3.8) is 0 Å². The van der Waals surface area contributed by atoms with Crippen LogP contribution in [0.15, 0.2) is 18.3 Å². The number of carbonyl (C=O) groups excluding carboxylic acids is 1.